The Labute approximate surface area is 165 Å². The Balaban J connectivity index is 1.57. The number of rotatable bonds is 4. The summed E-state index contributed by atoms with van der Waals surface area (Å²) in [5.74, 6) is 0.691. The Hall–Kier alpha value is -3.02. The molecule has 0 saturated heterocycles. The van der Waals surface area contributed by atoms with Gasteiger partial charge in [-0.15, -0.1) is 0 Å². The maximum Gasteiger partial charge on any atom is 0.407 e. The Kier molecular flexibility index (Phi) is 5.87. The third-order valence-electron chi connectivity index (χ3n) is 4.32. The van der Waals surface area contributed by atoms with Crippen LogP contribution in [-0.4, -0.2) is 24.2 Å². The van der Waals surface area contributed by atoms with Gasteiger partial charge in [0, 0.05) is 24.1 Å². The monoisotopic (exact) mass is 382 g/mol. The van der Waals surface area contributed by atoms with Crippen molar-refractivity contribution in [1.29, 1.82) is 0 Å². The van der Waals surface area contributed by atoms with Gasteiger partial charge in [-0.05, 0) is 44.5 Å². The zero-order chi connectivity index (χ0) is 20.1. The van der Waals surface area contributed by atoms with Crippen molar-refractivity contribution >= 4 is 12.0 Å². The summed E-state index contributed by atoms with van der Waals surface area (Å²) in [7, 11) is 0. The lowest BCUT2D eigenvalue weighted by atomic mass is 10.00. The Morgan fingerprint density at radius 2 is 1.82 bits per heavy atom. The normalized spacial score (nSPS) is 15.8. The second kappa shape index (κ2) is 8.33. The van der Waals surface area contributed by atoms with Crippen LogP contribution in [0.25, 0.3) is 0 Å². The van der Waals surface area contributed by atoms with Gasteiger partial charge in [-0.25, -0.2) is 4.79 Å². The topological polar surface area (TPSA) is 76.7 Å². The fraction of sp³-hybridized carbons (Fsp3) is 0.364. The molecule has 1 atom stereocenters. The lowest BCUT2D eigenvalue weighted by Crippen LogP contribution is -2.32. The van der Waals surface area contributed by atoms with Crippen molar-refractivity contribution in [3.05, 3.63) is 65.2 Å². The maximum atomic E-state index is 12.6. The molecule has 0 fully saturated rings. The van der Waals surface area contributed by atoms with E-state index >= 15 is 0 Å². The number of hydrogen-bond acceptors (Lipinski definition) is 4. The molecule has 2 N–H and O–H groups in total. The fourth-order valence-corrected chi connectivity index (χ4v) is 3.00. The summed E-state index contributed by atoms with van der Waals surface area (Å²) in [6.07, 6.45) is 0.271. The van der Waals surface area contributed by atoms with Crippen LogP contribution in [0, 0.1) is 0 Å². The van der Waals surface area contributed by atoms with Gasteiger partial charge in [-0.1, -0.05) is 30.3 Å². The molecule has 6 heteroatoms. The SMILES string of the molecule is CC(C)(C)OC(=O)NCc1ccc(C(=O)N[C@@H]2CCOc3ccccc32)cc1. The molecule has 1 heterocycles. The predicted molar refractivity (Wildman–Crippen MR) is 106 cm³/mol. The van der Waals surface area contributed by atoms with Crippen LogP contribution in [0.3, 0.4) is 0 Å². The van der Waals surface area contributed by atoms with Crippen LogP contribution in [0.2, 0.25) is 0 Å². The van der Waals surface area contributed by atoms with Crippen molar-refractivity contribution in [3.63, 3.8) is 0 Å². The predicted octanol–water partition coefficient (Wildman–Crippen LogP) is 3.96. The van der Waals surface area contributed by atoms with E-state index in [-0.39, 0.29) is 11.9 Å². The Morgan fingerprint density at radius 3 is 2.54 bits per heavy atom. The molecule has 2 aromatic rings. The quantitative estimate of drug-likeness (QED) is 0.839. The summed E-state index contributed by atoms with van der Waals surface area (Å²) in [6.45, 7) is 6.37. The smallest absolute Gasteiger partial charge is 0.407 e. The largest absolute Gasteiger partial charge is 0.493 e. The number of amides is 2. The summed E-state index contributed by atoms with van der Waals surface area (Å²) in [6, 6.07) is 14.9. The highest BCUT2D eigenvalue weighted by molar-refractivity contribution is 5.94. The highest BCUT2D eigenvalue weighted by Gasteiger charge is 2.23. The molecule has 2 amide bonds. The van der Waals surface area contributed by atoms with Crippen molar-refractivity contribution in [2.24, 2.45) is 0 Å². The molecule has 2 aromatic carbocycles. The summed E-state index contributed by atoms with van der Waals surface area (Å²) in [5, 5.41) is 5.78. The van der Waals surface area contributed by atoms with Crippen LogP contribution in [0.1, 0.15) is 54.7 Å². The van der Waals surface area contributed by atoms with Gasteiger partial charge >= 0.3 is 6.09 Å². The molecule has 6 nitrogen and oxygen atoms in total. The number of fused-ring (bicyclic) bond motifs is 1. The van der Waals surface area contributed by atoms with Crippen molar-refractivity contribution in [2.75, 3.05) is 6.61 Å². The van der Waals surface area contributed by atoms with Crippen LogP contribution >= 0.6 is 0 Å². The van der Waals surface area contributed by atoms with Crippen molar-refractivity contribution < 1.29 is 19.1 Å². The minimum atomic E-state index is -0.533. The summed E-state index contributed by atoms with van der Waals surface area (Å²) < 4.78 is 10.8. The summed E-state index contributed by atoms with van der Waals surface area (Å²) in [5.41, 5.74) is 1.93. The molecule has 28 heavy (non-hydrogen) atoms. The average Bonchev–Trinajstić information content (AvgIpc) is 2.66. The minimum Gasteiger partial charge on any atom is -0.493 e. The van der Waals surface area contributed by atoms with Crippen molar-refractivity contribution in [1.82, 2.24) is 10.6 Å². The summed E-state index contributed by atoms with van der Waals surface area (Å²) in [4.78, 5) is 24.3. The Morgan fingerprint density at radius 1 is 1.11 bits per heavy atom. The summed E-state index contributed by atoms with van der Waals surface area (Å²) >= 11 is 0. The number of hydrogen-bond donors (Lipinski definition) is 2. The maximum absolute atomic E-state index is 12.6. The zero-order valence-electron chi connectivity index (χ0n) is 16.5. The van der Waals surface area contributed by atoms with E-state index in [4.69, 9.17) is 9.47 Å². The second-order valence-electron chi connectivity index (χ2n) is 7.75. The third kappa shape index (κ3) is 5.25. The highest BCUT2D eigenvalue weighted by Crippen LogP contribution is 2.31. The molecule has 0 radical (unpaired) electrons. The molecular weight excluding hydrogens is 356 g/mol. The number of nitrogens with one attached hydrogen (secondary N) is 2. The minimum absolute atomic E-state index is 0.0639. The first-order chi connectivity index (χ1) is 13.3. The standard InChI is InChI=1S/C22H26N2O4/c1-22(2,3)28-21(26)23-14-15-8-10-16(11-9-15)20(25)24-18-12-13-27-19-7-5-4-6-17(18)19/h4-11,18H,12-14H2,1-3H3,(H,23,26)(H,24,25)/t18-/m1/s1. The lowest BCUT2D eigenvalue weighted by molar-refractivity contribution is 0.0523. The highest BCUT2D eigenvalue weighted by atomic mass is 16.6. The molecule has 1 aliphatic rings. The van der Waals surface area contributed by atoms with Gasteiger partial charge in [0.15, 0.2) is 0 Å². The number of benzene rings is 2. The van der Waals surface area contributed by atoms with Crippen LogP contribution in [0.15, 0.2) is 48.5 Å². The number of alkyl carbamates (subject to hydrolysis) is 1. The molecule has 0 bridgehead atoms. The number of carbonyl (C=O) groups excluding carboxylic acids is 2. The Bertz CT molecular complexity index is 840. The van der Waals surface area contributed by atoms with Gasteiger partial charge in [-0.3, -0.25) is 4.79 Å². The molecule has 0 aromatic heterocycles. The first-order valence-electron chi connectivity index (χ1n) is 9.40. The van der Waals surface area contributed by atoms with E-state index in [1.165, 1.54) is 0 Å². The second-order valence-corrected chi connectivity index (χ2v) is 7.75. The van der Waals surface area contributed by atoms with E-state index in [1.807, 2.05) is 57.2 Å². The fourth-order valence-electron chi connectivity index (χ4n) is 3.00. The van der Waals surface area contributed by atoms with Gasteiger partial charge < -0.3 is 20.1 Å². The number of para-hydroxylation sites is 1. The van der Waals surface area contributed by atoms with Gasteiger partial charge in [-0.2, -0.15) is 0 Å². The lowest BCUT2D eigenvalue weighted by Gasteiger charge is -2.26. The van der Waals surface area contributed by atoms with E-state index in [2.05, 4.69) is 10.6 Å². The van der Waals surface area contributed by atoms with Crippen molar-refractivity contribution in [2.45, 2.75) is 45.4 Å². The first-order valence-corrected chi connectivity index (χ1v) is 9.40. The van der Waals surface area contributed by atoms with Gasteiger partial charge in [0.05, 0.1) is 12.6 Å². The van der Waals surface area contributed by atoms with E-state index in [1.54, 1.807) is 12.1 Å². The molecule has 0 saturated carbocycles. The number of carbonyl (C=O) groups is 2. The zero-order valence-corrected chi connectivity index (χ0v) is 16.5. The average molecular weight is 382 g/mol. The van der Waals surface area contributed by atoms with Crippen LogP contribution in [-0.2, 0) is 11.3 Å². The van der Waals surface area contributed by atoms with Crippen LogP contribution in [0.4, 0.5) is 4.79 Å². The van der Waals surface area contributed by atoms with Crippen LogP contribution in [0.5, 0.6) is 5.75 Å². The van der Waals surface area contributed by atoms with Crippen molar-refractivity contribution in [3.8, 4) is 5.75 Å². The molecule has 0 spiro atoms. The molecular formula is C22H26N2O4. The van der Waals surface area contributed by atoms with E-state index in [0.717, 1.165) is 23.3 Å². The van der Waals surface area contributed by atoms with Gasteiger partial charge in [0.2, 0.25) is 0 Å². The molecule has 1 aliphatic heterocycles. The third-order valence-corrected chi connectivity index (χ3v) is 4.32. The van der Waals surface area contributed by atoms with E-state index in [9.17, 15) is 9.59 Å². The van der Waals surface area contributed by atoms with Crippen LogP contribution < -0.4 is 15.4 Å². The molecule has 0 aliphatic carbocycles. The van der Waals surface area contributed by atoms with E-state index in [0.29, 0.717) is 18.7 Å². The molecule has 3 rings (SSSR count). The molecule has 0 unspecified atom stereocenters. The van der Waals surface area contributed by atoms with E-state index < -0.39 is 11.7 Å². The molecule has 148 valence electrons. The number of ether oxygens (including phenoxy) is 2. The first kappa shape index (κ1) is 19.7. The van der Waals surface area contributed by atoms with Gasteiger partial charge in [0.25, 0.3) is 5.91 Å². The van der Waals surface area contributed by atoms with Gasteiger partial charge in [0.1, 0.15) is 11.4 Å².